The van der Waals surface area contributed by atoms with Crippen LogP contribution in [0.3, 0.4) is 0 Å². The van der Waals surface area contributed by atoms with Gasteiger partial charge in [0.15, 0.2) is 0 Å². The van der Waals surface area contributed by atoms with Crippen molar-refractivity contribution < 1.29 is 9.90 Å². The van der Waals surface area contributed by atoms with Gasteiger partial charge >= 0.3 is 0 Å². The highest BCUT2D eigenvalue weighted by molar-refractivity contribution is 6.32. The third kappa shape index (κ3) is 3.11. The van der Waals surface area contributed by atoms with Crippen LogP contribution in [-0.2, 0) is 4.79 Å². The van der Waals surface area contributed by atoms with E-state index in [-0.39, 0.29) is 12.2 Å². The smallest absolute Gasteiger partial charge is 0.221 e. The van der Waals surface area contributed by atoms with Crippen molar-refractivity contribution in [2.24, 2.45) is 5.73 Å². The lowest BCUT2D eigenvalue weighted by molar-refractivity contribution is -0.117. The summed E-state index contributed by atoms with van der Waals surface area (Å²) < 4.78 is 0. The molecule has 4 heteroatoms. The van der Waals surface area contributed by atoms with Crippen LogP contribution in [0, 0.1) is 0 Å². The summed E-state index contributed by atoms with van der Waals surface area (Å²) in [5, 5.41) is 9.50. The molecule has 3 N–H and O–H groups in total. The molecule has 0 atom stereocenters. The Balaban J connectivity index is 2.76. The van der Waals surface area contributed by atoms with Crippen molar-refractivity contribution in [2.75, 3.05) is 0 Å². The fourth-order valence-electron chi connectivity index (χ4n) is 0.953. The Hall–Kier alpha value is -1.48. The first-order valence-electron chi connectivity index (χ1n) is 4.03. The normalized spacial score (nSPS) is 10.6. The minimum absolute atomic E-state index is 0.113. The van der Waals surface area contributed by atoms with E-state index in [9.17, 15) is 4.79 Å². The predicted molar refractivity (Wildman–Crippen MR) is 56.0 cm³/mol. The first kappa shape index (κ1) is 10.6. The molecule has 74 valence electrons. The van der Waals surface area contributed by atoms with Crippen molar-refractivity contribution >= 4 is 23.6 Å². The van der Waals surface area contributed by atoms with Crippen molar-refractivity contribution in [3.05, 3.63) is 34.9 Å². The summed E-state index contributed by atoms with van der Waals surface area (Å²) in [6.45, 7) is 0. The molecule has 0 aromatic heterocycles. The van der Waals surface area contributed by atoms with E-state index in [1.807, 2.05) is 0 Å². The molecule has 1 amide bonds. The highest BCUT2D eigenvalue weighted by atomic mass is 35.5. The summed E-state index contributed by atoms with van der Waals surface area (Å²) >= 11 is 5.82. The van der Waals surface area contributed by atoms with Gasteiger partial charge in [0.1, 0.15) is 5.75 Å². The Labute approximate surface area is 86.8 Å². The quantitative estimate of drug-likeness (QED) is 0.803. The number of phenolic OH excluding ortho intramolecular Hbond substituents is 1. The number of hydrogen-bond acceptors (Lipinski definition) is 2. The van der Waals surface area contributed by atoms with Gasteiger partial charge in [-0.3, -0.25) is 4.79 Å². The molecule has 0 fully saturated rings. The zero-order valence-electron chi connectivity index (χ0n) is 7.40. The Bertz CT molecular complexity index is 374. The number of rotatable bonds is 3. The molecule has 0 bridgehead atoms. The number of aromatic hydroxyl groups is 1. The molecule has 0 radical (unpaired) electrons. The largest absolute Gasteiger partial charge is 0.508 e. The van der Waals surface area contributed by atoms with Crippen LogP contribution in [0.1, 0.15) is 12.0 Å². The molecular weight excluding hydrogens is 202 g/mol. The number of halogens is 1. The molecule has 0 spiro atoms. The van der Waals surface area contributed by atoms with Crippen LogP contribution in [0.25, 0.3) is 6.08 Å². The molecule has 0 unspecified atom stereocenters. The Morgan fingerprint density at radius 1 is 1.57 bits per heavy atom. The molecule has 1 rings (SSSR count). The van der Waals surface area contributed by atoms with Crippen molar-refractivity contribution in [3.63, 3.8) is 0 Å². The van der Waals surface area contributed by atoms with Gasteiger partial charge in [0.05, 0.1) is 5.02 Å². The Kier molecular flexibility index (Phi) is 3.54. The van der Waals surface area contributed by atoms with Crippen LogP contribution in [0.15, 0.2) is 24.3 Å². The third-order valence-corrected chi connectivity index (χ3v) is 1.93. The Morgan fingerprint density at radius 3 is 2.86 bits per heavy atom. The van der Waals surface area contributed by atoms with Crippen molar-refractivity contribution in [3.8, 4) is 5.75 Å². The van der Waals surface area contributed by atoms with Crippen LogP contribution in [0.4, 0.5) is 0 Å². The summed E-state index contributed by atoms with van der Waals surface area (Å²) in [6, 6.07) is 4.62. The highest BCUT2D eigenvalue weighted by Gasteiger charge is 1.97. The van der Waals surface area contributed by atoms with E-state index in [4.69, 9.17) is 22.4 Å². The zero-order valence-corrected chi connectivity index (χ0v) is 8.16. The van der Waals surface area contributed by atoms with Crippen LogP contribution < -0.4 is 5.73 Å². The molecule has 0 aliphatic carbocycles. The van der Waals surface area contributed by atoms with Crippen LogP contribution in [0.2, 0.25) is 5.02 Å². The molecule has 0 saturated carbocycles. The van der Waals surface area contributed by atoms with Gasteiger partial charge in [0.25, 0.3) is 0 Å². The Morgan fingerprint density at radius 2 is 2.29 bits per heavy atom. The van der Waals surface area contributed by atoms with Gasteiger partial charge in [0.2, 0.25) is 5.91 Å². The van der Waals surface area contributed by atoms with Gasteiger partial charge in [-0.2, -0.15) is 0 Å². The maximum atomic E-state index is 10.4. The number of phenols is 1. The molecule has 1 aromatic rings. The van der Waals surface area contributed by atoms with E-state index in [0.717, 1.165) is 5.56 Å². The fraction of sp³-hybridized carbons (Fsp3) is 0.100. The average molecular weight is 212 g/mol. The SMILES string of the molecule is NC(=O)CC=Cc1ccc(O)cc1Cl. The van der Waals surface area contributed by atoms with Gasteiger partial charge in [-0.25, -0.2) is 0 Å². The lowest BCUT2D eigenvalue weighted by Crippen LogP contribution is -2.07. The first-order chi connectivity index (χ1) is 6.59. The number of hydrogen-bond donors (Lipinski definition) is 2. The van der Waals surface area contributed by atoms with Crippen LogP contribution in [0.5, 0.6) is 5.75 Å². The molecule has 0 heterocycles. The molecule has 1 aromatic carbocycles. The van der Waals surface area contributed by atoms with Gasteiger partial charge in [-0.15, -0.1) is 0 Å². The predicted octanol–water partition coefficient (Wildman–Crippen LogP) is 1.93. The van der Waals surface area contributed by atoms with Gasteiger partial charge < -0.3 is 10.8 Å². The monoisotopic (exact) mass is 211 g/mol. The summed E-state index contributed by atoms with van der Waals surface area (Å²) in [7, 11) is 0. The summed E-state index contributed by atoms with van der Waals surface area (Å²) in [5.74, 6) is -0.279. The third-order valence-electron chi connectivity index (χ3n) is 1.60. The molecule has 0 aliphatic heterocycles. The number of carbonyl (C=O) groups excluding carboxylic acids is 1. The number of primary amides is 1. The van der Waals surface area contributed by atoms with E-state index < -0.39 is 5.91 Å². The maximum Gasteiger partial charge on any atom is 0.221 e. The summed E-state index contributed by atoms with van der Waals surface area (Å²) in [5.41, 5.74) is 5.70. The molecule has 14 heavy (non-hydrogen) atoms. The van der Waals surface area contributed by atoms with Crippen LogP contribution in [-0.4, -0.2) is 11.0 Å². The first-order valence-corrected chi connectivity index (χ1v) is 4.41. The zero-order chi connectivity index (χ0) is 10.6. The summed E-state index contributed by atoms with van der Waals surface area (Å²) in [4.78, 5) is 10.4. The van der Waals surface area contributed by atoms with E-state index in [0.29, 0.717) is 5.02 Å². The van der Waals surface area contributed by atoms with E-state index in [1.54, 1.807) is 18.2 Å². The number of nitrogens with two attached hydrogens (primary N) is 1. The molecular formula is C10H10ClNO2. The topological polar surface area (TPSA) is 63.3 Å². The van der Waals surface area contributed by atoms with Crippen molar-refractivity contribution in [1.29, 1.82) is 0 Å². The number of amides is 1. The van der Waals surface area contributed by atoms with E-state index in [2.05, 4.69) is 0 Å². The van der Waals surface area contributed by atoms with Gasteiger partial charge in [0, 0.05) is 6.42 Å². The van der Waals surface area contributed by atoms with Gasteiger partial charge in [-0.1, -0.05) is 23.8 Å². The minimum atomic E-state index is -0.392. The lowest BCUT2D eigenvalue weighted by atomic mass is 10.2. The van der Waals surface area contributed by atoms with E-state index >= 15 is 0 Å². The summed E-state index contributed by atoms with van der Waals surface area (Å²) in [6.07, 6.45) is 3.49. The molecule has 0 aliphatic rings. The number of benzene rings is 1. The minimum Gasteiger partial charge on any atom is -0.508 e. The molecule has 0 saturated heterocycles. The fourth-order valence-corrected chi connectivity index (χ4v) is 1.19. The lowest BCUT2D eigenvalue weighted by Gasteiger charge is -1.98. The second kappa shape index (κ2) is 4.67. The number of carbonyl (C=O) groups is 1. The highest BCUT2D eigenvalue weighted by Crippen LogP contribution is 2.22. The second-order valence-electron chi connectivity index (χ2n) is 2.78. The van der Waals surface area contributed by atoms with E-state index in [1.165, 1.54) is 12.1 Å². The molecule has 3 nitrogen and oxygen atoms in total. The maximum absolute atomic E-state index is 10.4. The van der Waals surface area contributed by atoms with Crippen molar-refractivity contribution in [2.45, 2.75) is 6.42 Å². The second-order valence-corrected chi connectivity index (χ2v) is 3.19. The van der Waals surface area contributed by atoms with Crippen molar-refractivity contribution in [1.82, 2.24) is 0 Å². The van der Waals surface area contributed by atoms with Crippen LogP contribution >= 0.6 is 11.6 Å². The average Bonchev–Trinajstić information content (AvgIpc) is 2.08. The standard InChI is InChI=1S/C10H10ClNO2/c11-9-6-8(13)5-4-7(9)2-1-3-10(12)14/h1-2,4-6,13H,3H2,(H2,12,14). The van der Waals surface area contributed by atoms with Gasteiger partial charge in [-0.05, 0) is 23.8 Å².